The van der Waals surface area contributed by atoms with E-state index in [-0.39, 0.29) is 35.9 Å². The van der Waals surface area contributed by atoms with Crippen molar-refractivity contribution < 1.29 is 14.3 Å². The van der Waals surface area contributed by atoms with Crippen molar-refractivity contribution in [2.75, 3.05) is 0 Å². The number of imide groups is 1. The molecule has 4 nitrogen and oxygen atoms in total. The fraction of sp³-hybridized carbons (Fsp3) is 0.846. The van der Waals surface area contributed by atoms with Gasteiger partial charge in [-0.1, -0.05) is 13.3 Å². The lowest BCUT2D eigenvalue weighted by atomic mass is 9.78. The van der Waals surface area contributed by atoms with Gasteiger partial charge in [-0.15, -0.1) is 0 Å². The van der Waals surface area contributed by atoms with Gasteiger partial charge in [0, 0.05) is 18.3 Å². The van der Waals surface area contributed by atoms with Crippen molar-refractivity contribution in [3.05, 3.63) is 0 Å². The first-order valence-corrected chi connectivity index (χ1v) is 6.61. The number of ether oxygens (including phenoxy) is 1. The van der Waals surface area contributed by atoms with Gasteiger partial charge in [-0.25, -0.2) is 0 Å². The monoisotopic (exact) mass is 239 g/mol. The summed E-state index contributed by atoms with van der Waals surface area (Å²) in [7, 11) is 0. The highest BCUT2D eigenvalue weighted by molar-refractivity contribution is 5.99. The fourth-order valence-electron chi connectivity index (χ4n) is 3.03. The third-order valence-corrected chi connectivity index (χ3v) is 3.88. The molecule has 0 bridgehead atoms. The highest BCUT2D eigenvalue weighted by Crippen LogP contribution is 2.35. The molecule has 2 amide bonds. The number of hydrogen-bond acceptors (Lipinski definition) is 3. The molecule has 0 radical (unpaired) electrons. The minimum Gasteiger partial charge on any atom is -0.375 e. The maximum atomic E-state index is 11.9. The SMILES string of the molecule is CCCC1C(=O)NC(=O)CC1C1CCC(C)O1. The number of carbonyl (C=O) groups is 2. The molecule has 0 aromatic rings. The van der Waals surface area contributed by atoms with Gasteiger partial charge >= 0.3 is 0 Å². The molecule has 0 aliphatic carbocycles. The Morgan fingerprint density at radius 1 is 1.35 bits per heavy atom. The Kier molecular flexibility index (Phi) is 3.82. The summed E-state index contributed by atoms with van der Waals surface area (Å²) < 4.78 is 5.84. The first-order chi connectivity index (χ1) is 8.11. The summed E-state index contributed by atoms with van der Waals surface area (Å²) in [5, 5.41) is 2.45. The van der Waals surface area contributed by atoms with E-state index in [9.17, 15) is 9.59 Å². The second kappa shape index (κ2) is 5.17. The van der Waals surface area contributed by atoms with E-state index in [1.54, 1.807) is 0 Å². The van der Waals surface area contributed by atoms with Crippen molar-refractivity contribution in [3.8, 4) is 0 Å². The van der Waals surface area contributed by atoms with Crippen LogP contribution in [0, 0.1) is 11.8 Å². The molecule has 2 saturated heterocycles. The lowest BCUT2D eigenvalue weighted by Crippen LogP contribution is -2.49. The summed E-state index contributed by atoms with van der Waals surface area (Å²) >= 11 is 0. The van der Waals surface area contributed by atoms with Crippen LogP contribution < -0.4 is 5.32 Å². The van der Waals surface area contributed by atoms with Crippen molar-refractivity contribution >= 4 is 11.8 Å². The van der Waals surface area contributed by atoms with Gasteiger partial charge in [-0.05, 0) is 26.2 Å². The van der Waals surface area contributed by atoms with Crippen LogP contribution >= 0.6 is 0 Å². The van der Waals surface area contributed by atoms with Crippen LogP contribution in [0.2, 0.25) is 0 Å². The maximum absolute atomic E-state index is 11.9. The predicted octanol–water partition coefficient (Wildman–Crippen LogP) is 1.63. The normalized spacial score (nSPS) is 38.2. The number of piperidine rings is 1. The number of nitrogens with one attached hydrogen (secondary N) is 1. The van der Waals surface area contributed by atoms with Crippen molar-refractivity contribution in [2.45, 2.75) is 58.2 Å². The largest absolute Gasteiger partial charge is 0.375 e. The fourth-order valence-corrected chi connectivity index (χ4v) is 3.03. The Bertz CT molecular complexity index is 316. The van der Waals surface area contributed by atoms with E-state index in [2.05, 4.69) is 19.2 Å². The molecule has 1 N–H and O–H groups in total. The van der Waals surface area contributed by atoms with E-state index in [0.29, 0.717) is 6.42 Å². The number of amides is 2. The lowest BCUT2D eigenvalue weighted by molar-refractivity contribution is -0.143. The summed E-state index contributed by atoms with van der Waals surface area (Å²) in [4.78, 5) is 23.3. The van der Waals surface area contributed by atoms with Gasteiger partial charge in [0.2, 0.25) is 11.8 Å². The molecule has 4 atom stereocenters. The van der Waals surface area contributed by atoms with Crippen molar-refractivity contribution in [2.24, 2.45) is 11.8 Å². The summed E-state index contributed by atoms with van der Waals surface area (Å²) in [6.45, 7) is 4.12. The molecule has 4 unspecified atom stereocenters. The van der Waals surface area contributed by atoms with E-state index in [0.717, 1.165) is 25.7 Å². The molecule has 2 rings (SSSR count). The van der Waals surface area contributed by atoms with Gasteiger partial charge in [-0.3, -0.25) is 14.9 Å². The molecule has 96 valence electrons. The molecule has 2 heterocycles. The molecule has 4 heteroatoms. The van der Waals surface area contributed by atoms with Crippen LogP contribution in [-0.4, -0.2) is 24.0 Å². The summed E-state index contributed by atoms with van der Waals surface area (Å²) in [5.74, 6) is -0.207. The van der Waals surface area contributed by atoms with Crippen LogP contribution in [0.15, 0.2) is 0 Å². The first-order valence-electron chi connectivity index (χ1n) is 6.61. The molecule has 2 fully saturated rings. The zero-order valence-corrected chi connectivity index (χ0v) is 10.6. The second-order valence-electron chi connectivity index (χ2n) is 5.24. The van der Waals surface area contributed by atoms with Crippen LogP contribution in [0.4, 0.5) is 0 Å². The van der Waals surface area contributed by atoms with E-state index in [1.807, 2.05) is 0 Å². The van der Waals surface area contributed by atoms with Crippen molar-refractivity contribution in [1.82, 2.24) is 5.32 Å². The Morgan fingerprint density at radius 3 is 2.71 bits per heavy atom. The van der Waals surface area contributed by atoms with Gasteiger partial charge in [-0.2, -0.15) is 0 Å². The molecule has 0 spiro atoms. The average molecular weight is 239 g/mol. The molecule has 0 aromatic heterocycles. The van der Waals surface area contributed by atoms with Gasteiger partial charge in [0.25, 0.3) is 0 Å². The maximum Gasteiger partial charge on any atom is 0.230 e. The zero-order valence-electron chi connectivity index (χ0n) is 10.6. The summed E-state index contributed by atoms with van der Waals surface area (Å²) in [6.07, 6.45) is 4.62. The topological polar surface area (TPSA) is 55.4 Å². The molecule has 0 saturated carbocycles. The quantitative estimate of drug-likeness (QED) is 0.762. The average Bonchev–Trinajstić information content (AvgIpc) is 2.68. The smallest absolute Gasteiger partial charge is 0.230 e. The van der Waals surface area contributed by atoms with Crippen LogP contribution in [0.3, 0.4) is 0 Å². The van der Waals surface area contributed by atoms with Gasteiger partial charge in [0.15, 0.2) is 0 Å². The van der Waals surface area contributed by atoms with Gasteiger partial charge < -0.3 is 4.74 Å². The van der Waals surface area contributed by atoms with Crippen LogP contribution in [0.25, 0.3) is 0 Å². The first kappa shape index (κ1) is 12.6. The third kappa shape index (κ3) is 2.68. The van der Waals surface area contributed by atoms with Crippen molar-refractivity contribution in [1.29, 1.82) is 0 Å². The van der Waals surface area contributed by atoms with Crippen molar-refractivity contribution in [3.63, 3.8) is 0 Å². The zero-order chi connectivity index (χ0) is 12.4. The molecular weight excluding hydrogens is 218 g/mol. The molecule has 17 heavy (non-hydrogen) atoms. The minimum absolute atomic E-state index is 0.0481. The molecular formula is C13H21NO3. The Morgan fingerprint density at radius 2 is 2.12 bits per heavy atom. The minimum atomic E-state index is -0.143. The van der Waals surface area contributed by atoms with Gasteiger partial charge in [0.05, 0.1) is 12.2 Å². The van der Waals surface area contributed by atoms with Gasteiger partial charge in [0.1, 0.15) is 0 Å². The second-order valence-corrected chi connectivity index (χ2v) is 5.24. The van der Waals surface area contributed by atoms with E-state index >= 15 is 0 Å². The Hall–Kier alpha value is -0.900. The van der Waals surface area contributed by atoms with E-state index in [4.69, 9.17) is 4.74 Å². The Labute approximate surface area is 102 Å². The lowest BCUT2D eigenvalue weighted by Gasteiger charge is -2.33. The molecule has 0 aromatic carbocycles. The third-order valence-electron chi connectivity index (χ3n) is 3.88. The summed E-state index contributed by atoms with van der Waals surface area (Å²) in [5.41, 5.74) is 0. The van der Waals surface area contributed by atoms with E-state index < -0.39 is 0 Å². The number of rotatable bonds is 3. The number of hydrogen-bond donors (Lipinski definition) is 1. The van der Waals surface area contributed by atoms with Crippen LogP contribution in [0.5, 0.6) is 0 Å². The number of carbonyl (C=O) groups excluding carboxylic acids is 2. The van der Waals surface area contributed by atoms with E-state index in [1.165, 1.54) is 0 Å². The predicted molar refractivity (Wildman–Crippen MR) is 63.2 cm³/mol. The highest BCUT2D eigenvalue weighted by atomic mass is 16.5. The standard InChI is InChI=1S/C13H21NO3/c1-3-4-9-10(7-12(15)14-13(9)16)11-6-5-8(2)17-11/h8-11H,3-7H2,1-2H3,(H,14,15,16). The van der Waals surface area contributed by atoms with Crippen LogP contribution in [-0.2, 0) is 14.3 Å². The molecule has 2 aliphatic heterocycles. The van der Waals surface area contributed by atoms with Crippen LogP contribution in [0.1, 0.15) is 46.0 Å². The molecule has 2 aliphatic rings. The highest BCUT2D eigenvalue weighted by Gasteiger charge is 2.42. The Balaban J connectivity index is 2.09. The summed E-state index contributed by atoms with van der Waals surface area (Å²) in [6, 6.07) is 0.